The van der Waals surface area contributed by atoms with Crippen molar-refractivity contribution in [1.29, 1.82) is 0 Å². The van der Waals surface area contributed by atoms with Crippen LogP contribution in [0.4, 0.5) is 23.7 Å². The first-order chi connectivity index (χ1) is 12.6. The molecule has 1 aromatic rings. The average molecular weight is 386 g/mol. The molecule has 9 heteroatoms. The summed E-state index contributed by atoms with van der Waals surface area (Å²) >= 11 is 0. The molecule has 2 rings (SSSR count). The van der Waals surface area contributed by atoms with E-state index in [0.717, 1.165) is 24.3 Å². The maximum absolute atomic E-state index is 12.0. The van der Waals surface area contributed by atoms with Gasteiger partial charge in [0.2, 0.25) is 5.91 Å². The lowest BCUT2D eigenvalue weighted by Crippen LogP contribution is -2.45. The van der Waals surface area contributed by atoms with Gasteiger partial charge in [-0.3, -0.25) is 15.0 Å². The largest absolute Gasteiger partial charge is 0.405 e. The molecule has 0 bridgehead atoms. The zero-order valence-electron chi connectivity index (χ0n) is 15.6. The van der Waals surface area contributed by atoms with Gasteiger partial charge >= 0.3 is 12.2 Å². The van der Waals surface area contributed by atoms with Crippen LogP contribution in [-0.4, -0.2) is 42.1 Å². The van der Waals surface area contributed by atoms with Crippen LogP contribution in [0.15, 0.2) is 18.2 Å². The molecular weight excluding hydrogens is 361 g/mol. The normalized spacial score (nSPS) is 15.4. The summed E-state index contributed by atoms with van der Waals surface area (Å²) in [5.74, 6) is -0.200. The lowest BCUT2D eigenvalue weighted by molar-refractivity contribution is -0.124. The fraction of sp³-hybridized carbons (Fsp3) is 0.556. The third kappa shape index (κ3) is 6.13. The molecule has 3 amide bonds. The molecule has 1 heterocycles. The minimum absolute atomic E-state index is 0.213. The Bertz CT molecular complexity index is 692. The summed E-state index contributed by atoms with van der Waals surface area (Å²) in [7, 11) is 0. The minimum Gasteiger partial charge on any atom is -0.376 e. The van der Waals surface area contributed by atoms with E-state index in [-0.39, 0.29) is 6.54 Å². The van der Waals surface area contributed by atoms with Gasteiger partial charge in [0.1, 0.15) is 6.54 Å². The van der Waals surface area contributed by atoms with Crippen LogP contribution < -0.4 is 16.0 Å². The van der Waals surface area contributed by atoms with E-state index in [1.807, 2.05) is 23.5 Å². The summed E-state index contributed by atoms with van der Waals surface area (Å²) in [6.45, 7) is 6.39. The molecule has 1 aliphatic rings. The number of imide groups is 1. The molecule has 0 radical (unpaired) electrons. The highest BCUT2D eigenvalue weighted by molar-refractivity contribution is 5.96. The van der Waals surface area contributed by atoms with Crippen LogP contribution in [0.25, 0.3) is 0 Å². The number of carbonyl (C=O) groups is 2. The van der Waals surface area contributed by atoms with Crippen molar-refractivity contribution in [2.45, 2.75) is 46.1 Å². The Balaban J connectivity index is 1.88. The van der Waals surface area contributed by atoms with E-state index >= 15 is 0 Å². The third-order valence-corrected chi connectivity index (χ3v) is 4.69. The fourth-order valence-electron chi connectivity index (χ4n) is 2.89. The SMILES string of the molecule is CC(C)C(C)N1Cc2cccc(NCC(=O)NC(=O)NCC(F)(F)F)c2C1. The summed E-state index contributed by atoms with van der Waals surface area (Å²) in [6, 6.07) is 5.01. The number of urea groups is 1. The lowest BCUT2D eigenvalue weighted by Gasteiger charge is -2.27. The van der Waals surface area contributed by atoms with Gasteiger partial charge in [0.05, 0.1) is 6.54 Å². The number of hydrogen-bond acceptors (Lipinski definition) is 4. The summed E-state index contributed by atoms with van der Waals surface area (Å²) in [6.07, 6.45) is -4.53. The van der Waals surface area contributed by atoms with E-state index in [1.54, 1.807) is 5.32 Å². The van der Waals surface area contributed by atoms with Crippen molar-refractivity contribution in [2.24, 2.45) is 5.92 Å². The minimum atomic E-state index is -4.53. The molecule has 0 aromatic heterocycles. The van der Waals surface area contributed by atoms with Crippen LogP contribution in [0, 0.1) is 5.92 Å². The zero-order chi connectivity index (χ0) is 20.2. The molecule has 27 heavy (non-hydrogen) atoms. The van der Waals surface area contributed by atoms with Gasteiger partial charge in [-0.05, 0) is 30.0 Å². The van der Waals surface area contributed by atoms with Gasteiger partial charge in [-0.25, -0.2) is 4.79 Å². The van der Waals surface area contributed by atoms with Crippen LogP contribution in [0.5, 0.6) is 0 Å². The molecule has 1 unspecified atom stereocenters. The summed E-state index contributed by atoms with van der Waals surface area (Å²) in [5, 5.41) is 6.43. The number of nitrogens with zero attached hydrogens (tertiary/aromatic N) is 1. The Kier molecular flexibility index (Phi) is 6.69. The summed E-state index contributed by atoms with van der Waals surface area (Å²) in [5.41, 5.74) is 3.06. The van der Waals surface area contributed by atoms with E-state index < -0.39 is 24.7 Å². The van der Waals surface area contributed by atoms with Gasteiger partial charge in [0, 0.05) is 24.8 Å². The van der Waals surface area contributed by atoms with Crippen molar-refractivity contribution in [3.05, 3.63) is 29.3 Å². The molecule has 0 fully saturated rings. The number of halogens is 3. The Labute approximate surface area is 156 Å². The van der Waals surface area contributed by atoms with Gasteiger partial charge in [0.25, 0.3) is 0 Å². The average Bonchev–Trinajstić information content (AvgIpc) is 3.01. The van der Waals surface area contributed by atoms with Crippen LogP contribution >= 0.6 is 0 Å². The number of alkyl halides is 3. The first-order valence-corrected chi connectivity index (χ1v) is 8.80. The maximum Gasteiger partial charge on any atom is 0.405 e. The van der Waals surface area contributed by atoms with E-state index in [1.165, 1.54) is 5.56 Å². The number of amides is 3. The van der Waals surface area contributed by atoms with E-state index in [9.17, 15) is 22.8 Å². The van der Waals surface area contributed by atoms with Crippen LogP contribution in [0.2, 0.25) is 0 Å². The number of benzene rings is 1. The van der Waals surface area contributed by atoms with Crippen molar-refractivity contribution in [2.75, 3.05) is 18.4 Å². The van der Waals surface area contributed by atoms with Crippen LogP contribution in [-0.2, 0) is 17.9 Å². The predicted molar refractivity (Wildman–Crippen MR) is 96.1 cm³/mol. The monoisotopic (exact) mass is 386 g/mol. The second-order valence-corrected chi connectivity index (χ2v) is 7.03. The lowest BCUT2D eigenvalue weighted by atomic mass is 10.1. The summed E-state index contributed by atoms with van der Waals surface area (Å²) in [4.78, 5) is 25.4. The Hall–Kier alpha value is -2.29. The molecule has 150 valence electrons. The number of anilines is 1. The third-order valence-electron chi connectivity index (χ3n) is 4.69. The smallest absolute Gasteiger partial charge is 0.376 e. The number of rotatable bonds is 6. The molecule has 6 nitrogen and oxygen atoms in total. The number of carbonyl (C=O) groups excluding carboxylic acids is 2. The highest BCUT2D eigenvalue weighted by atomic mass is 19.4. The molecule has 1 aromatic carbocycles. The highest BCUT2D eigenvalue weighted by Crippen LogP contribution is 2.31. The van der Waals surface area contributed by atoms with Crippen molar-refractivity contribution >= 4 is 17.6 Å². The predicted octanol–water partition coefficient (Wildman–Crippen LogP) is 2.85. The topological polar surface area (TPSA) is 73.5 Å². The first kappa shape index (κ1) is 21.0. The van der Waals surface area contributed by atoms with Gasteiger partial charge in [-0.1, -0.05) is 26.0 Å². The second kappa shape index (κ2) is 8.60. The second-order valence-electron chi connectivity index (χ2n) is 7.03. The van der Waals surface area contributed by atoms with Gasteiger partial charge < -0.3 is 10.6 Å². The molecule has 0 aliphatic carbocycles. The van der Waals surface area contributed by atoms with Crippen molar-refractivity contribution in [3.8, 4) is 0 Å². The molecule has 1 atom stereocenters. The van der Waals surface area contributed by atoms with Crippen LogP contribution in [0.1, 0.15) is 31.9 Å². The van der Waals surface area contributed by atoms with Gasteiger partial charge in [-0.2, -0.15) is 13.2 Å². The van der Waals surface area contributed by atoms with Gasteiger partial charge in [-0.15, -0.1) is 0 Å². The number of hydrogen-bond donors (Lipinski definition) is 3. The molecule has 3 N–H and O–H groups in total. The Morgan fingerprint density at radius 2 is 1.89 bits per heavy atom. The van der Waals surface area contributed by atoms with Crippen LogP contribution in [0.3, 0.4) is 0 Å². The van der Waals surface area contributed by atoms with Gasteiger partial charge in [0.15, 0.2) is 0 Å². The fourth-order valence-corrected chi connectivity index (χ4v) is 2.89. The maximum atomic E-state index is 12.0. The van der Waals surface area contributed by atoms with E-state index in [2.05, 4.69) is 31.0 Å². The standard InChI is InChI=1S/C18H25F3N4O2/c1-11(2)12(3)25-8-13-5-4-6-15(14(13)9-25)22-7-16(26)24-17(27)23-10-18(19,20)21/h4-6,11-12,22H,7-10H2,1-3H3,(H2,23,24,26,27). The quantitative estimate of drug-likeness (QED) is 0.703. The first-order valence-electron chi connectivity index (χ1n) is 8.80. The summed E-state index contributed by atoms with van der Waals surface area (Å²) < 4.78 is 36.1. The highest BCUT2D eigenvalue weighted by Gasteiger charge is 2.28. The Morgan fingerprint density at radius 3 is 2.52 bits per heavy atom. The molecule has 0 spiro atoms. The van der Waals surface area contributed by atoms with Crippen molar-refractivity contribution in [3.63, 3.8) is 0 Å². The number of fused-ring (bicyclic) bond motifs is 1. The van der Waals surface area contributed by atoms with E-state index in [4.69, 9.17) is 0 Å². The van der Waals surface area contributed by atoms with Crippen molar-refractivity contribution < 1.29 is 22.8 Å². The number of nitrogens with one attached hydrogen (secondary N) is 3. The van der Waals surface area contributed by atoms with Crippen molar-refractivity contribution in [1.82, 2.24) is 15.5 Å². The molecule has 0 saturated heterocycles. The molecular formula is C18H25F3N4O2. The Morgan fingerprint density at radius 1 is 1.19 bits per heavy atom. The van der Waals surface area contributed by atoms with E-state index in [0.29, 0.717) is 12.0 Å². The molecule has 1 aliphatic heterocycles. The molecule has 0 saturated carbocycles. The zero-order valence-corrected chi connectivity index (χ0v) is 15.6.